The Labute approximate surface area is 89.1 Å². The van der Waals surface area contributed by atoms with Gasteiger partial charge in [0.25, 0.3) is 0 Å². The molecule has 1 amide bonds. The molecule has 0 heterocycles. The number of phenolic OH excluding ortho intramolecular Hbond substituents is 1. The van der Waals surface area contributed by atoms with Crippen molar-refractivity contribution >= 4 is 5.91 Å². The van der Waals surface area contributed by atoms with Crippen molar-refractivity contribution in [1.29, 1.82) is 0 Å². The van der Waals surface area contributed by atoms with E-state index in [4.69, 9.17) is 0 Å². The third kappa shape index (κ3) is 2.49. The molecule has 15 heavy (non-hydrogen) atoms. The van der Waals surface area contributed by atoms with Crippen molar-refractivity contribution in [3.63, 3.8) is 0 Å². The Morgan fingerprint density at radius 2 is 2.33 bits per heavy atom. The highest BCUT2D eigenvalue weighted by molar-refractivity contribution is 5.81. The van der Waals surface area contributed by atoms with Crippen LogP contribution in [-0.4, -0.2) is 11.0 Å². The monoisotopic (exact) mass is 205 g/mol. The van der Waals surface area contributed by atoms with Crippen LogP contribution in [0.4, 0.5) is 0 Å². The lowest BCUT2D eigenvalue weighted by Crippen LogP contribution is -2.24. The highest BCUT2D eigenvalue weighted by atomic mass is 16.3. The van der Waals surface area contributed by atoms with Crippen LogP contribution in [0.15, 0.2) is 24.3 Å². The van der Waals surface area contributed by atoms with Gasteiger partial charge in [0, 0.05) is 12.5 Å². The zero-order valence-corrected chi connectivity index (χ0v) is 8.73. The Kier molecular flexibility index (Phi) is 2.62. The number of carbonyl (C=O) groups is 1. The van der Waals surface area contributed by atoms with Gasteiger partial charge in [-0.15, -0.1) is 0 Å². The number of phenols is 1. The van der Waals surface area contributed by atoms with Gasteiger partial charge in [-0.25, -0.2) is 0 Å². The van der Waals surface area contributed by atoms with E-state index >= 15 is 0 Å². The van der Waals surface area contributed by atoms with Gasteiger partial charge in [-0.05, 0) is 30.0 Å². The summed E-state index contributed by atoms with van der Waals surface area (Å²) in [7, 11) is 0. The number of amides is 1. The van der Waals surface area contributed by atoms with Crippen LogP contribution in [0.3, 0.4) is 0 Å². The summed E-state index contributed by atoms with van der Waals surface area (Å²) in [5, 5.41) is 12.1. The van der Waals surface area contributed by atoms with E-state index in [1.807, 2.05) is 6.07 Å². The van der Waals surface area contributed by atoms with Crippen LogP contribution in [0.25, 0.3) is 0 Å². The van der Waals surface area contributed by atoms with E-state index in [0.29, 0.717) is 12.5 Å². The van der Waals surface area contributed by atoms with E-state index in [-0.39, 0.29) is 17.6 Å². The smallest absolute Gasteiger partial charge is 0.223 e. The normalized spacial score (nSPS) is 23.5. The van der Waals surface area contributed by atoms with Gasteiger partial charge in [0.05, 0.1) is 0 Å². The van der Waals surface area contributed by atoms with Gasteiger partial charge in [-0.1, -0.05) is 19.1 Å². The Morgan fingerprint density at radius 3 is 2.93 bits per heavy atom. The molecule has 1 fully saturated rings. The number of hydrogen-bond donors (Lipinski definition) is 2. The van der Waals surface area contributed by atoms with Gasteiger partial charge in [0.1, 0.15) is 5.75 Å². The van der Waals surface area contributed by atoms with Crippen LogP contribution in [-0.2, 0) is 11.3 Å². The highest BCUT2D eigenvalue weighted by Crippen LogP contribution is 2.37. The molecule has 1 aromatic rings. The Morgan fingerprint density at radius 1 is 1.60 bits per heavy atom. The van der Waals surface area contributed by atoms with Gasteiger partial charge in [-0.3, -0.25) is 4.79 Å². The van der Waals surface area contributed by atoms with E-state index in [0.717, 1.165) is 12.0 Å². The second-order valence-electron chi connectivity index (χ2n) is 4.21. The van der Waals surface area contributed by atoms with E-state index in [9.17, 15) is 9.90 Å². The number of rotatable bonds is 3. The lowest BCUT2D eigenvalue weighted by Gasteiger charge is -2.04. The van der Waals surface area contributed by atoms with Gasteiger partial charge < -0.3 is 10.4 Å². The molecule has 2 unspecified atom stereocenters. The maximum absolute atomic E-state index is 11.5. The molecule has 3 nitrogen and oxygen atoms in total. The summed E-state index contributed by atoms with van der Waals surface area (Å²) in [5.41, 5.74) is 0.927. The molecule has 2 N–H and O–H groups in total. The Balaban J connectivity index is 1.85. The summed E-state index contributed by atoms with van der Waals surface area (Å²) < 4.78 is 0. The molecule has 0 radical (unpaired) electrons. The van der Waals surface area contributed by atoms with Crippen LogP contribution >= 0.6 is 0 Å². The molecule has 3 heteroatoms. The SMILES string of the molecule is CC1CC1C(=O)NCc1cccc(O)c1. The maximum Gasteiger partial charge on any atom is 0.223 e. The molecular weight excluding hydrogens is 190 g/mol. The molecule has 1 aliphatic rings. The quantitative estimate of drug-likeness (QED) is 0.788. The van der Waals surface area contributed by atoms with Crippen LogP contribution in [0.5, 0.6) is 5.75 Å². The summed E-state index contributed by atoms with van der Waals surface area (Å²) in [4.78, 5) is 11.5. The molecule has 0 aromatic heterocycles. The first-order chi connectivity index (χ1) is 7.16. The maximum atomic E-state index is 11.5. The van der Waals surface area contributed by atoms with E-state index in [1.165, 1.54) is 0 Å². The van der Waals surface area contributed by atoms with E-state index in [1.54, 1.807) is 18.2 Å². The van der Waals surface area contributed by atoms with Crippen molar-refractivity contribution in [3.8, 4) is 5.75 Å². The first-order valence-electron chi connectivity index (χ1n) is 5.22. The second kappa shape index (κ2) is 3.93. The average Bonchev–Trinajstić information content (AvgIpc) is 2.92. The lowest BCUT2D eigenvalue weighted by atomic mass is 10.2. The molecular formula is C12H15NO2. The van der Waals surface area contributed by atoms with Crippen molar-refractivity contribution in [2.45, 2.75) is 19.9 Å². The van der Waals surface area contributed by atoms with Crippen molar-refractivity contribution in [2.24, 2.45) is 11.8 Å². The average molecular weight is 205 g/mol. The molecule has 0 saturated heterocycles. The third-order valence-corrected chi connectivity index (χ3v) is 2.82. The van der Waals surface area contributed by atoms with E-state index in [2.05, 4.69) is 12.2 Å². The number of carbonyl (C=O) groups excluding carboxylic acids is 1. The van der Waals surface area contributed by atoms with Crippen LogP contribution in [0, 0.1) is 11.8 Å². The summed E-state index contributed by atoms with van der Waals surface area (Å²) in [6.07, 6.45) is 1.01. The molecule has 2 rings (SSSR count). The zero-order valence-electron chi connectivity index (χ0n) is 8.73. The molecule has 0 aliphatic heterocycles. The molecule has 1 saturated carbocycles. The summed E-state index contributed by atoms with van der Waals surface area (Å²) >= 11 is 0. The topological polar surface area (TPSA) is 49.3 Å². The van der Waals surface area contributed by atoms with Crippen molar-refractivity contribution in [3.05, 3.63) is 29.8 Å². The molecule has 0 spiro atoms. The predicted octanol–water partition coefficient (Wildman–Crippen LogP) is 1.66. The van der Waals surface area contributed by atoms with Crippen LogP contribution in [0.2, 0.25) is 0 Å². The summed E-state index contributed by atoms with van der Waals surface area (Å²) in [6.45, 7) is 2.58. The second-order valence-corrected chi connectivity index (χ2v) is 4.21. The lowest BCUT2D eigenvalue weighted by molar-refractivity contribution is -0.122. The van der Waals surface area contributed by atoms with Crippen molar-refractivity contribution < 1.29 is 9.90 Å². The van der Waals surface area contributed by atoms with Gasteiger partial charge in [0.15, 0.2) is 0 Å². The zero-order chi connectivity index (χ0) is 10.8. The van der Waals surface area contributed by atoms with Gasteiger partial charge >= 0.3 is 0 Å². The highest BCUT2D eigenvalue weighted by Gasteiger charge is 2.38. The number of aromatic hydroxyl groups is 1. The number of hydrogen-bond acceptors (Lipinski definition) is 2. The minimum Gasteiger partial charge on any atom is -0.508 e. The molecule has 2 atom stereocenters. The number of nitrogens with one attached hydrogen (secondary N) is 1. The third-order valence-electron chi connectivity index (χ3n) is 2.82. The van der Waals surface area contributed by atoms with Crippen molar-refractivity contribution in [1.82, 2.24) is 5.32 Å². The molecule has 1 aromatic carbocycles. The molecule has 0 bridgehead atoms. The fraction of sp³-hybridized carbons (Fsp3) is 0.417. The Bertz CT molecular complexity index is 376. The fourth-order valence-corrected chi connectivity index (χ4v) is 1.67. The molecule has 1 aliphatic carbocycles. The largest absolute Gasteiger partial charge is 0.508 e. The summed E-state index contributed by atoms with van der Waals surface area (Å²) in [6, 6.07) is 6.94. The van der Waals surface area contributed by atoms with E-state index < -0.39 is 0 Å². The van der Waals surface area contributed by atoms with Crippen LogP contribution in [0.1, 0.15) is 18.9 Å². The minimum atomic E-state index is 0.130. The predicted molar refractivity (Wildman–Crippen MR) is 57.2 cm³/mol. The standard InChI is InChI=1S/C12H15NO2/c1-8-5-11(8)12(15)13-7-9-3-2-4-10(14)6-9/h2-4,6,8,11,14H,5,7H2,1H3,(H,13,15). The van der Waals surface area contributed by atoms with Crippen LogP contribution < -0.4 is 5.32 Å². The first kappa shape index (κ1) is 10.0. The summed E-state index contributed by atoms with van der Waals surface area (Å²) in [5.74, 6) is 1.11. The molecule has 80 valence electrons. The number of benzene rings is 1. The minimum absolute atomic E-state index is 0.130. The fourth-order valence-electron chi connectivity index (χ4n) is 1.67. The first-order valence-corrected chi connectivity index (χ1v) is 5.22. The van der Waals surface area contributed by atoms with Gasteiger partial charge in [0.2, 0.25) is 5.91 Å². The van der Waals surface area contributed by atoms with Gasteiger partial charge in [-0.2, -0.15) is 0 Å². The Hall–Kier alpha value is -1.51. The van der Waals surface area contributed by atoms with Crippen molar-refractivity contribution in [2.75, 3.05) is 0 Å².